The summed E-state index contributed by atoms with van der Waals surface area (Å²) in [6.45, 7) is 6.09. The molecule has 3 rings (SSSR count). The minimum absolute atomic E-state index is 0.372. The summed E-state index contributed by atoms with van der Waals surface area (Å²) in [5.41, 5.74) is 5.65. The van der Waals surface area contributed by atoms with Crippen molar-refractivity contribution in [1.82, 2.24) is 14.9 Å². The van der Waals surface area contributed by atoms with Crippen LogP contribution in [0.5, 0.6) is 0 Å². The summed E-state index contributed by atoms with van der Waals surface area (Å²) in [4.78, 5) is 13.2. The maximum Gasteiger partial charge on any atom is 0.221 e. The highest BCUT2D eigenvalue weighted by molar-refractivity contribution is 5.41. The third-order valence-corrected chi connectivity index (χ3v) is 4.31. The van der Waals surface area contributed by atoms with Gasteiger partial charge in [-0.15, -0.1) is 0 Å². The summed E-state index contributed by atoms with van der Waals surface area (Å²) < 4.78 is 0. The Morgan fingerprint density at radius 1 is 1.16 bits per heavy atom. The van der Waals surface area contributed by atoms with E-state index in [-0.39, 0.29) is 0 Å². The van der Waals surface area contributed by atoms with Crippen LogP contribution in [-0.4, -0.2) is 47.6 Å². The van der Waals surface area contributed by atoms with E-state index in [0.717, 1.165) is 24.8 Å². The van der Waals surface area contributed by atoms with Crippen molar-refractivity contribution >= 4 is 11.8 Å². The molecule has 0 spiro atoms. The van der Waals surface area contributed by atoms with Crippen LogP contribution in [-0.2, 0) is 0 Å². The van der Waals surface area contributed by atoms with Crippen molar-refractivity contribution in [3.63, 3.8) is 0 Å². The van der Waals surface area contributed by atoms with Gasteiger partial charge in [0.2, 0.25) is 5.95 Å². The van der Waals surface area contributed by atoms with E-state index in [1.165, 1.54) is 45.3 Å². The normalized spacial score (nSPS) is 22.0. The quantitative estimate of drug-likeness (QED) is 0.890. The summed E-state index contributed by atoms with van der Waals surface area (Å²) in [7, 11) is 0. The summed E-state index contributed by atoms with van der Waals surface area (Å²) in [5, 5.41) is 0. The van der Waals surface area contributed by atoms with Crippen LogP contribution in [0.1, 0.15) is 25.7 Å². The van der Waals surface area contributed by atoms with Gasteiger partial charge in [-0.25, -0.2) is 4.98 Å². The minimum atomic E-state index is 0.372. The number of nitrogen functional groups attached to an aromatic ring is 1. The molecule has 0 atom stereocenters. The number of hydrogen-bond acceptors (Lipinski definition) is 5. The van der Waals surface area contributed by atoms with Crippen LogP contribution in [0.3, 0.4) is 0 Å². The largest absolute Gasteiger partial charge is 0.368 e. The molecule has 3 heterocycles. The molecule has 0 amide bonds. The Balaban J connectivity index is 1.51. The van der Waals surface area contributed by atoms with Gasteiger partial charge in [0.15, 0.2) is 0 Å². The van der Waals surface area contributed by atoms with Gasteiger partial charge in [0, 0.05) is 25.8 Å². The van der Waals surface area contributed by atoms with Gasteiger partial charge in [-0.1, -0.05) is 0 Å². The molecule has 0 bridgehead atoms. The predicted molar refractivity (Wildman–Crippen MR) is 77.1 cm³/mol. The smallest absolute Gasteiger partial charge is 0.221 e. The molecule has 0 radical (unpaired) electrons. The van der Waals surface area contributed by atoms with Gasteiger partial charge in [0.05, 0.1) is 0 Å². The van der Waals surface area contributed by atoms with Gasteiger partial charge in [-0.3, -0.25) is 0 Å². The molecule has 2 saturated heterocycles. The lowest BCUT2D eigenvalue weighted by Crippen LogP contribution is -2.38. The topological polar surface area (TPSA) is 58.3 Å². The van der Waals surface area contributed by atoms with Crippen molar-refractivity contribution in [2.75, 3.05) is 43.4 Å². The lowest BCUT2D eigenvalue weighted by atomic mass is 9.96. The highest BCUT2D eigenvalue weighted by Crippen LogP contribution is 2.23. The SMILES string of the molecule is Nc1nccc(N2CCC(CN3CCCC3)CC2)n1. The zero-order valence-electron chi connectivity index (χ0n) is 11.5. The zero-order chi connectivity index (χ0) is 13.1. The monoisotopic (exact) mass is 261 g/mol. The second kappa shape index (κ2) is 5.74. The molecule has 1 aromatic heterocycles. The molecule has 19 heavy (non-hydrogen) atoms. The van der Waals surface area contributed by atoms with Gasteiger partial charge in [0.1, 0.15) is 5.82 Å². The Morgan fingerprint density at radius 3 is 2.58 bits per heavy atom. The van der Waals surface area contributed by atoms with Crippen molar-refractivity contribution in [3.05, 3.63) is 12.3 Å². The van der Waals surface area contributed by atoms with E-state index in [9.17, 15) is 0 Å². The maximum atomic E-state index is 5.65. The molecule has 0 saturated carbocycles. The maximum absolute atomic E-state index is 5.65. The fourth-order valence-corrected chi connectivity index (χ4v) is 3.21. The highest BCUT2D eigenvalue weighted by Gasteiger charge is 2.23. The van der Waals surface area contributed by atoms with Crippen LogP contribution in [0.4, 0.5) is 11.8 Å². The Morgan fingerprint density at radius 2 is 1.89 bits per heavy atom. The first kappa shape index (κ1) is 12.7. The Kier molecular flexibility index (Phi) is 3.82. The van der Waals surface area contributed by atoms with E-state index in [2.05, 4.69) is 19.8 Å². The number of likely N-dealkylation sites (tertiary alicyclic amines) is 1. The molecule has 5 nitrogen and oxygen atoms in total. The number of piperidine rings is 1. The minimum Gasteiger partial charge on any atom is -0.368 e. The Hall–Kier alpha value is -1.36. The van der Waals surface area contributed by atoms with Crippen molar-refractivity contribution in [2.45, 2.75) is 25.7 Å². The summed E-state index contributed by atoms with van der Waals surface area (Å²) >= 11 is 0. The second-order valence-corrected chi connectivity index (χ2v) is 5.71. The van der Waals surface area contributed by atoms with Crippen LogP contribution >= 0.6 is 0 Å². The lowest BCUT2D eigenvalue weighted by molar-refractivity contribution is 0.249. The predicted octanol–water partition coefficient (Wildman–Crippen LogP) is 1.37. The summed E-state index contributed by atoms with van der Waals surface area (Å²) in [6, 6.07) is 1.96. The molecular formula is C14H23N5. The zero-order valence-corrected chi connectivity index (χ0v) is 11.5. The average molecular weight is 261 g/mol. The summed E-state index contributed by atoms with van der Waals surface area (Å²) in [5.74, 6) is 2.21. The van der Waals surface area contributed by atoms with Crippen molar-refractivity contribution in [1.29, 1.82) is 0 Å². The molecule has 104 valence electrons. The lowest BCUT2D eigenvalue weighted by Gasteiger charge is -2.34. The van der Waals surface area contributed by atoms with Gasteiger partial charge >= 0.3 is 0 Å². The van der Waals surface area contributed by atoms with Crippen LogP contribution < -0.4 is 10.6 Å². The van der Waals surface area contributed by atoms with Crippen LogP contribution in [0, 0.1) is 5.92 Å². The standard InChI is InChI=1S/C14H23N5/c15-14-16-6-3-13(17-14)19-9-4-12(5-10-19)11-18-7-1-2-8-18/h3,6,12H,1-2,4-5,7-11H2,(H2,15,16,17). The van der Waals surface area contributed by atoms with E-state index in [1.807, 2.05) is 6.07 Å². The molecule has 0 aliphatic carbocycles. The molecule has 2 fully saturated rings. The van der Waals surface area contributed by atoms with Crippen molar-refractivity contribution in [3.8, 4) is 0 Å². The molecule has 2 aliphatic heterocycles. The van der Waals surface area contributed by atoms with Crippen LogP contribution in [0.15, 0.2) is 12.3 Å². The average Bonchev–Trinajstić information content (AvgIpc) is 2.92. The van der Waals surface area contributed by atoms with Crippen molar-refractivity contribution < 1.29 is 0 Å². The van der Waals surface area contributed by atoms with E-state index in [0.29, 0.717) is 5.95 Å². The van der Waals surface area contributed by atoms with E-state index >= 15 is 0 Å². The number of nitrogens with zero attached hydrogens (tertiary/aromatic N) is 4. The fraction of sp³-hybridized carbons (Fsp3) is 0.714. The number of hydrogen-bond donors (Lipinski definition) is 1. The van der Waals surface area contributed by atoms with Crippen LogP contribution in [0.2, 0.25) is 0 Å². The third kappa shape index (κ3) is 3.15. The first-order valence-corrected chi connectivity index (χ1v) is 7.37. The number of anilines is 2. The van der Waals surface area contributed by atoms with E-state index in [1.54, 1.807) is 6.20 Å². The molecule has 0 aromatic carbocycles. The Bertz CT molecular complexity index is 408. The highest BCUT2D eigenvalue weighted by atomic mass is 15.2. The molecule has 2 N–H and O–H groups in total. The molecular weight excluding hydrogens is 238 g/mol. The second-order valence-electron chi connectivity index (χ2n) is 5.71. The molecule has 1 aromatic rings. The fourth-order valence-electron chi connectivity index (χ4n) is 3.21. The van der Waals surface area contributed by atoms with Gasteiger partial charge in [-0.05, 0) is 50.8 Å². The number of nitrogens with two attached hydrogens (primary N) is 1. The molecule has 2 aliphatic rings. The first-order chi connectivity index (χ1) is 9.31. The van der Waals surface area contributed by atoms with E-state index in [4.69, 9.17) is 5.73 Å². The van der Waals surface area contributed by atoms with E-state index < -0.39 is 0 Å². The summed E-state index contributed by atoms with van der Waals surface area (Å²) in [6.07, 6.45) is 7.05. The van der Waals surface area contributed by atoms with Gasteiger partial charge in [-0.2, -0.15) is 4.98 Å². The number of aromatic nitrogens is 2. The first-order valence-electron chi connectivity index (χ1n) is 7.37. The number of rotatable bonds is 3. The van der Waals surface area contributed by atoms with Gasteiger partial charge < -0.3 is 15.5 Å². The third-order valence-electron chi connectivity index (χ3n) is 4.31. The van der Waals surface area contributed by atoms with Gasteiger partial charge in [0.25, 0.3) is 0 Å². The Labute approximate surface area is 114 Å². The van der Waals surface area contributed by atoms with Crippen molar-refractivity contribution in [2.24, 2.45) is 5.92 Å². The van der Waals surface area contributed by atoms with Crippen LogP contribution in [0.25, 0.3) is 0 Å². The molecule has 0 unspecified atom stereocenters. The molecule has 5 heteroatoms.